The van der Waals surface area contributed by atoms with Gasteiger partial charge in [0.05, 0.1) is 12.1 Å². The van der Waals surface area contributed by atoms with Crippen LogP contribution in [0.1, 0.15) is 53.6 Å². The third-order valence-corrected chi connectivity index (χ3v) is 5.74. The van der Waals surface area contributed by atoms with E-state index < -0.39 is 0 Å². The van der Waals surface area contributed by atoms with Gasteiger partial charge in [0.25, 0.3) is 5.91 Å². The highest BCUT2D eigenvalue weighted by Gasteiger charge is 2.28. The molecule has 0 aliphatic carbocycles. The minimum absolute atomic E-state index is 0.0302. The number of piperidine rings is 1. The number of amides is 1. The maximum absolute atomic E-state index is 12.6. The Balaban J connectivity index is 1.37. The standard InChI is InChI=1S/C19H26N6O2/c1-23-16(13-24-8-2-3-9-24)21-22-18(23)14-6-10-25(11-7-14)19(27)15-4-5-17(26)20-12-15/h4-5,12,14H,2-3,6-11,13H2,1H3,(H,20,26). The Morgan fingerprint density at radius 2 is 1.89 bits per heavy atom. The van der Waals surface area contributed by atoms with E-state index in [2.05, 4.69) is 31.7 Å². The van der Waals surface area contributed by atoms with Crippen LogP contribution in [0.25, 0.3) is 0 Å². The molecular formula is C19H26N6O2. The van der Waals surface area contributed by atoms with Gasteiger partial charge in [-0.05, 0) is 44.8 Å². The molecule has 2 aliphatic heterocycles. The second-order valence-electron chi connectivity index (χ2n) is 7.52. The van der Waals surface area contributed by atoms with E-state index in [-0.39, 0.29) is 11.5 Å². The second-order valence-corrected chi connectivity index (χ2v) is 7.52. The smallest absolute Gasteiger partial charge is 0.255 e. The fourth-order valence-electron chi connectivity index (χ4n) is 4.08. The van der Waals surface area contributed by atoms with Gasteiger partial charge in [-0.1, -0.05) is 0 Å². The zero-order valence-electron chi connectivity index (χ0n) is 15.7. The number of nitrogens with zero attached hydrogens (tertiary/aromatic N) is 5. The molecule has 2 aromatic heterocycles. The first kappa shape index (κ1) is 17.9. The number of rotatable bonds is 4. The first-order valence-corrected chi connectivity index (χ1v) is 9.70. The van der Waals surface area contributed by atoms with E-state index >= 15 is 0 Å². The van der Waals surface area contributed by atoms with Crippen molar-refractivity contribution in [2.45, 2.75) is 38.1 Å². The predicted octanol–water partition coefficient (Wildman–Crippen LogP) is 1.12. The van der Waals surface area contributed by atoms with Crippen LogP contribution in [0.15, 0.2) is 23.1 Å². The number of hydrogen-bond donors (Lipinski definition) is 1. The van der Waals surface area contributed by atoms with Crippen LogP contribution in [-0.4, -0.2) is 61.6 Å². The van der Waals surface area contributed by atoms with Crippen molar-refractivity contribution in [2.24, 2.45) is 7.05 Å². The molecule has 2 aromatic rings. The molecule has 144 valence electrons. The van der Waals surface area contributed by atoms with Crippen molar-refractivity contribution in [2.75, 3.05) is 26.2 Å². The lowest BCUT2D eigenvalue weighted by Crippen LogP contribution is -2.38. The molecule has 0 aromatic carbocycles. The van der Waals surface area contributed by atoms with Gasteiger partial charge in [0.15, 0.2) is 0 Å². The summed E-state index contributed by atoms with van der Waals surface area (Å²) < 4.78 is 2.14. The van der Waals surface area contributed by atoms with Crippen LogP contribution < -0.4 is 5.56 Å². The normalized spacial score (nSPS) is 18.9. The monoisotopic (exact) mass is 370 g/mol. The number of hydrogen-bond acceptors (Lipinski definition) is 5. The minimum Gasteiger partial charge on any atom is -0.339 e. The summed E-state index contributed by atoms with van der Waals surface area (Å²) in [7, 11) is 2.05. The summed E-state index contributed by atoms with van der Waals surface area (Å²) in [4.78, 5) is 30.6. The summed E-state index contributed by atoms with van der Waals surface area (Å²) in [6.07, 6.45) is 5.79. The van der Waals surface area contributed by atoms with E-state index in [9.17, 15) is 9.59 Å². The summed E-state index contributed by atoms with van der Waals surface area (Å²) in [5.41, 5.74) is 0.330. The largest absolute Gasteiger partial charge is 0.339 e. The molecule has 1 amide bonds. The third kappa shape index (κ3) is 3.80. The molecule has 2 fully saturated rings. The summed E-state index contributed by atoms with van der Waals surface area (Å²) in [5.74, 6) is 2.35. The van der Waals surface area contributed by atoms with Gasteiger partial charge in [0.2, 0.25) is 5.56 Å². The van der Waals surface area contributed by atoms with Crippen molar-refractivity contribution in [3.05, 3.63) is 45.9 Å². The number of aromatic nitrogens is 4. The van der Waals surface area contributed by atoms with Crippen LogP contribution in [0.2, 0.25) is 0 Å². The molecule has 4 rings (SSSR count). The number of likely N-dealkylation sites (tertiary alicyclic amines) is 2. The van der Waals surface area contributed by atoms with Crippen LogP contribution in [0.5, 0.6) is 0 Å². The van der Waals surface area contributed by atoms with Crippen LogP contribution in [-0.2, 0) is 13.6 Å². The lowest BCUT2D eigenvalue weighted by atomic mass is 9.95. The topological polar surface area (TPSA) is 87.1 Å². The lowest BCUT2D eigenvalue weighted by molar-refractivity contribution is 0.0710. The minimum atomic E-state index is -0.197. The van der Waals surface area contributed by atoms with Gasteiger partial charge >= 0.3 is 0 Å². The quantitative estimate of drug-likeness (QED) is 0.871. The van der Waals surface area contributed by atoms with Crippen molar-refractivity contribution < 1.29 is 4.79 Å². The summed E-state index contributed by atoms with van der Waals surface area (Å²) in [5, 5.41) is 8.88. The Hall–Kier alpha value is -2.48. The van der Waals surface area contributed by atoms with Crippen LogP contribution in [0.4, 0.5) is 0 Å². The summed E-state index contributed by atoms with van der Waals surface area (Å²) >= 11 is 0. The number of carbonyl (C=O) groups is 1. The average Bonchev–Trinajstić information content (AvgIpc) is 3.33. The SMILES string of the molecule is Cn1c(CN2CCCC2)nnc1C1CCN(C(=O)c2ccc(=O)[nH]c2)CC1. The molecule has 0 saturated carbocycles. The molecule has 0 bridgehead atoms. The van der Waals surface area contributed by atoms with Crippen molar-refractivity contribution in [1.82, 2.24) is 29.5 Å². The highest BCUT2D eigenvalue weighted by atomic mass is 16.2. The van der Waals surface area contributed by atoms with Gasteiger partial charge in [-0.25, -0.2) is 0 Å². The molecule has 0 radical (unpaired) electrons. The molecule has 0 spiro atoms. The Morgan fingerprint density at radius 3 is 2.56 bits per heavy atom. The molecule has 4 heterocycles. The predicted molar refractivity (Wildman–Crippen MR) is 100 cm³/mol. The number of aromatic amines is 1. The van der Waals surface area contributed by atoms with E-state index in [0.717, 1.165) is 44.1 Å². The molecule has 2 saturated heterocycles. The first-order valence-electron chi connectivity index (χ1n) is 9.70. The van der Waals surface area contributed by atoms with Gasteiger partial charge in [0.1, 0.15) is 11.6 Å². The zero-order chi connectivity index (χ0) is 18.8. The van der Waals surface area contributed by atoms with Gasteiger partial charge in [-0.15, -0.1) is 10.2 Å². The van der Waals surface area contributed by atoms with Gasteiger partial charge < -0.3 is 14.5 Å². The van der Waals surface area contributed by atoms with Gasteiger partial charge in [-0.3, -0.25) is 14.5 Å². The summed E-state index contributed by atoms with van der Waals surface area (Å²) in [6.45, 7) is 4.54. The molecule has 1 N–H and O–H groups in total. The number of nitrogens with one attached hydrogen (secondary N) is 1. The number of H-pyrrole nitrogens is 1. The van der Waals surface area contributed by atoms with Crippen molar-refractivity contribution in [1.29, 1.82) is 0 Å². The van der Waals surface area contributed by atoms with E-state index in [4.69, 9.17) is 0 Å². The lowest BCUT2D eigenvalue weighted by Gasteiger charge is -2.31. The maximum Gasteiger partial charge on any atom is 0.255 e. The number of carbonyl (C=O) groups excluding carboxylic acids is 1. The Labute approximate surface area is 158 Å². The molecule has 2 aliphatic rings. The van der Waals surface area contributed by atoms with E-state index in [1.165, 1.54) is 25.1 Å². The fourth-order valence-corrected chi connectivity index (χ4v) is 4.08. The third-order valence-electron chi connectivity index (χ3n) is 5.74. The molecule has 0 atom stereocenters. The van der Waals surface area contributed by atoms with Crippen molar-refractivity contribution in [3.63, 3.8) is 0 Å². The Kier molecular flexibility index (Phi) is 5.07. The fraction of sp³-hybridized carbons (Fsp3) is 0.579. The highest BCUT2D eigenvalue weighted by molar-refractivity contribution is 5.93. The summed E-state index contributed by atoms with van der Waals surface area (Å²) in [6, 6.07) is 2.97. The van der Waals surface area contributed by atoms with Crippen LogP contribution in [0, 0.1) is 0 Å². The molecule has 8 heteroatoms. The van der Waals surface area contributed by atoms with Gasteiger partial charge in [0, 0.05) is 38.3 Å². The second kappa shape index (κ2) is 7.64. The molecule has 27 heavy (non-hydrogen) atoms. The Morgan fingerprint density at radius 1 is 1.15 bits per heavy atom. The van der Waals surface area contributed by atoms with E-state index in [1.807, 2.05) is 4.90 Å². The molecule has 8 nitrogen and oxygen atoms in total. The maximum atomic E-state index is 12.6. The average molecular weight is 370 g/mol. The van der Waals surface area contributed by atoms with E-state index in [0.29, 0.717) is 24.6 Å². The van der Waals surface area contributed by atoms with Crippen molar-refractivity contribution in [3.8, 4) is 0 Å². The van der Waals surface area contributed by atoms with Crippen LogP contribution >= 0.6 is 0 Å². The van der Waals surface area contributed by atoms with Gasteiger partial charge in [-0.2, -0.15) is 0 Å². The number of pyridine rings is 1. The highest BCUT2D eigenvalue weighted by Crippen LogP contribution is 2.27. The molecule has 0 unspecified atom stereocenters. The van der Waals surface area contributed by atoms with Crippen molar-refractivity contribution >= 4 is 5.91 Å². The zero-order valence-corrected chi connectivity index (χ0v) is 15.7. The van der Waals surface area contributed by atoms with E-state index in [1.54, 1.807) is 6.07 Å². The molecular weight excluding hydrogens is 344 g/mol. The first-order chi connectivity index (χ1) is 13.1. The van der Waals surface area contributed by atoms with Crippen LogP contribution in [0.3, 0.4) is 0 Å². The Bertz CT molecular complexity index is 839.